The van der Waals surface area contributed by atoms with Gasteiger partial charge in [0, 0.05) is 5.69 Å². The average molecular weight is 134 g/mol. The Labute approximate surface area is 78.3 Å². The van der Waals surface area contributed by atoms with Crippen LogP contribution < -0.4 is 34.7 Å². The van der Waals surface area contributed by atoms with E-state index in [1.165, 1.54) is 0 Å². The molecular formula is C6H11N2Na. The predicted octanol–water partition coefficient (Wildman–Crippen LogP) is -1.62. The van der Waals surface area contributed by atoms with Crippen molar-refractivity contribution in [1.29, 1.82) is 0 Å². The standard InChI is InChI=1S/C4H5N2.C2H6.Na/c1-4-2-3-5-6-4;1-2;/h2-3H,1H3;1-2H3;/q-1;;+1. The van der Waals surface area contributed by atoms with E-state index in [4.69, 9.17) is 0 Å². The van der Waals surface area contributed by atoms with Crippen LogP contribution in [0.25, 0.3) is 0 Å². The number of aryl methyl sites for hydroxylation is 1. The number of aromatic nitrogens is 2. The maximum atomic E-state index is 3.67. The Morgan fingerprint density at radius 1 is 1.44 bits per heavy atom. The molecule has 0 saturated carbocycles. The van der Waals surface area contributed by atoms with Crippen molar-refractivity contribution in [1.82, 2.24) is 10.2 Å². The zero-order valence-corrected chi connectivity index (χ0v) is 8.55. The topological polar surface area (TPSA) is 27.0 Å². The third-order valence-corrected chi connectivity index (χ3v) is 0.598. The van der Waals surface area contributed by atoms with Crippen LogP contribution in [0.3, 0.4) is 0 Å². The summed E-state index contributed by atoms with van der Waals surface area (Å²) in [6, 6.07) is 1.86. The Bertz CT molecular complexity index is 115. The Kier molecular flexibility index (Phi) is 10.9. The van der Waals surface area contributed by atoms with E-state index in [0.29, 0.717) is 0 Å². The SMILES string of the molecule is CC.Cc1cc[n-]n1.[Na+]. The van der Waals surface area contributed by atoms with E-state index in [-0.39, 0.29) is 29.6 Å². The molecule has 0 N–H and O–H groups in total. The number of rotatable bonds is 0. The van der Waals surface area contributed by atoms with Gasteiger partial charge in [-0.1, -0.05) is 19.9 Å². The summed E-state index contributed by atoms with van der Waals surface area (Å²) in [6.45, 7) is 5.91. The summed E-state index contributed by atoms with van der Waals surface area (Å²) in [5.41, 5.74) is 0.981. The van der Waals surface area contributed by atoms with Crippen LogP contribution in [0, 0.1) is 6.92 Å². The zero-order valence-electron chi connectivity index (χ0n) is 6.55. The third-order valence-electron chi connectivity index (χ3n) is 0.598. The minimum absolute atomic E-state index is 0. The second-order valence-electron chi connectivity index (χ2n) is 1.17. The molecule has 46 valence electrons. The molecule has 1 heterocycles. The van der Waals surface area contributed by atoms with E-state index < -0.39 is 0 Å². The maximum absolute atomic E-state index is 3.67. The fourth-order valence-electron chi connectivity index (χ4n) is 0.299. The minimum atomic E-state index is 0. The summed E-state index contributed by atoms with van der Waals surface area (Å²) in [4.78, 5) is 0. The molecule has 0 fully saturated rings. The zero-order chi connectivity index (χ0) is 6.41. The van der Waals surface area contributed by atoms with Crippen LogP contribution in [0.2, 0.25) is 0 Å². The Hall–Kier alpha value is 0.210. The molecule has 0 radical (unpaired) electrons. The summed E-state index contributed by atoms with van der Waals surface area (Å²) in [5.74, 6) is 0. The van der Waals surface area contributed by atoms with E-state index in [2.05, 4.69) is 10.2 Å². The Morgan fingerprint density at radius 2 is 2.00 bits per heavy atom. The minimum Gasteiger partial charge on any atom is -0.582 e. The molecule has 1 aromatic heterocycles. The van der Waals surface area contributed by atoms with Gasteiger partial charge < -0.3 is 10.2 Å². The third kappa shape index (κ3) is 6.09. The summed E-state index contributed by atoms with van der Waals surface area (Å²) in [7, 11) is 0. The van der Waals surface area contributed by atoms with Crippen molar-refractivity contribution < 1.29 is 29.6 Å². The van der Waals surface area contributed by atoms with E-state index in [9.17, 15) is 0 Å². The van der Waals surface area contributed by atoms with Gasteiger partial charge >= 0.3 is 29.6 Å². The maximum Gasteiger partial charge on any atom is 1.00 e. The average Bonchev–Trinajstić information content (AvgIpc) is 2.24. The predicted molar refractivity (Wildman–Crippen MR) is 33.6 cm³/mol. The molecule has 9 heavy (non-hydrogen) atoms. The van der Waals surface area contributed by atoms with E-state index in [0.717, 1.165) is 5.69 Å². The molecule has 1 aromatic rings. The monoisotopic (exact) mass is 134 g/mol. The van der Waals surface area contributed by atoms with Crippen molar-refractivity contribution in [3.8, 4) is 0 Å². The molecule has 0 unspecified atom stereocenters. The van der Waals surface area contributed by atoms with Crippen LogP contribution in [0.4, 0.5) is 0 Å². The molecule has 0 amide bonds. The van der Waals surface area contributed by atoms with Gasteiger partial charge in [-0.15, -0.1) is 0 Å². The molecule has 0 aromatic carbocycles. The second kappa shape index (κ2) is 8.21. The summed E-state index contributed by atoms with van der Waals surface area (Å²) in [6.07, 6.45) is 1.68. The van der Waals surface area contributed by atoms with Crippen molar-refractivity contribution in [2.75, 3.05) is 0 Å². The molecule has 0 bridgehead atoms. The van der Waals surface area contributed by atoms with Gasteiger partial charge in [0.05, 0.1) is 0 Å². The van der Waals surface area contributed by atoms with Gasteiger partial charge in [-0.3, -0.25) is 0 Å². The van der Waals surface area contributed by atoms with Crippen LogP contribution >= 0.6 is 0 Å². The van der Waals surface area contributed by atoms with Crippen LogP contribution in [-0.2, 0) is 0 Å². The smallest absolute Gasteiger partial charge is 0.582 e. The van der Waals surface area contributed by atoms with E-state index in [1.807, 2.05) is 26.8 Å². The van der Waals surface area contributed by atoms with Crippen molar-refractivity contribution >= 4 is 0 Å². The van der Waals surface area contributed by atoms with Gasteiger partial charge in [0.2, 0.25) is 0 Å². The molecule has 0 saturated heterocycles. The fraction of sp³-hybridized carbons (Fsp3) is 0.500. The van der Waals surface area contributed by atoms with E-state index >= 15 is 0 Å². The first-order valence-electron chi connectivity index (χ1n) is 2.80. The molecule has 1 rings (SSSR count). The summed E-state index contributed by atoms with van der Waals surface area (Å²) < 4.78 is 0. The molecule has 0 atom stereocenters. The number of nitrogens with zero attached hydrogens (tertiary/aromatic N) is 2. The number of hydrogen-bond donors (Lipinski definition) is 0. The van der Waals surface area contributed by atoms with Crippen LogP contribution in [0.15, 0.2) is 12.3 Å². The van der Waals surface area contributed by atoms with Gasteiger partial charge in [-0.05, 0) is 6.92 Å². The van der Waals surface area contributed by atoms with Crippen molar-refractivity contribution in [3.05, 3.63) is 18.0 Å². The van der Waals surface area contributed by atoms with E-state index in [1.54, 1.807) is 6.20 Å². The van der Waals surface area contributed by atoms with Crippen LogP contribution in [-0.4, -0.2) is 5.10 Å². The van der Waals surface area contributed by atoms with Crippen LogP contribution in [0.5, 0.6) is 0 Å². The summed E-state index contributed by atoms with van der Waals surface area (Å²) >= 11 is 0. The largest absolute Gasteiger partial charge is 1.00 e. The molecule has 2 nitrogen and oxygen atoms in total. The molecule has 0 aliphatic heterocycles. The molecule has 3 heteroatoms. The normalized spacial score (nSPS) is 6.56. The van der Waals surface area contributed by atoms with Crippen molar-refractivity contribution in [2.24, 2.45) is 0 Å². The summed E-state index contributed by atoms with van der Waals surface area (Å²) in [5, 5.41) is 7.24. The first-order chi connectivity index (χ1) is 3.89. The second-order valence-corrected chi connectivity index (χ2v) is 1.17. The Morgan fingerprint density at radius 3 is 2.11 bits per heavy atom. The first-order valence-corrected chi connectivity index (χ1v) is 2.80. The van der Waals surface area contributed by atoms with Crippen molar-refractivity contribution in [2.45, 2.75) is 20.8 Å². The van der Waals surface area contributed by atoms with Gasteiger partial charge in [-0.2, -0.15) is 6.20 Å². The quantitative estimate of drug-likeness (QED) is 0.399. The fourth-order valence-corrected chi connectivity index (χ4v) is 0.299. The molecule has 0 aliphatic carbocycles. The van der Waals surface area contributed by atoms with Gasteiger partial charge in [-0.25, -0.2) is 0 Å². The Balaban J connectivity index is 0. The van der Waals surface area contributed by atoms with Gasteiger partial charge in [0.1, 0.15) is 0 Å². The van der Waals surface area contributed by atoms with Crippen LogP contribution in [0.1, 0.15) is 19.5 Å². The van der Waals surface area contributed by atoms with Crippen molar-refractivity contribution in [3.63, 3.8) is 0 Å². The first kappa shape index (κ1) is 11.9. The number of hydrogen-bond acceptors (Lipinski definition) is 1. The molecule has 0 spiro atoms. The molecular weight excluding hydrogens is 123 g/mol. The molecule has 0 aliphatic rings. The van der Waals surface area contributed by atoms with Gasteiger partial charge in [0.25, 0.3) is 0 Å². The van der Waals surface area contributed by atoms with Gasteiger partial charge in [0.15, 0.2) is 0 Å².